The molecule has 53 valence electrons. The van der Waals surface area contributed by atoms with Gasteiger partial charge in [0.2, 0.25) is 5.91 Å². The van der Waals surface area contributed by atoms with Crippen molar-refractivity contribution in [1.82, 2.24) is 5.32 Å². The number of aliphatic hydroxyl groups excluding tert-OH is 1. The smallest absolute Gasteiger partial charge is 0.238 e. The Morgan fingerprint density at radius 2 is 2.22 bits per heavy atom. The Morgan fingerprint density at radius 1 is 1.67 bits per heavy atom. The van der Waals surface area contributed by atoms with E-state index in [4.69, 9.17) is 10.2 Å². The minimum absolute atomic E-state index is 0.125. The van der Waals surface area contributed by atoms with Gasteiger partial charge in [0.25, 0.3) is 0 Å². The molecule has 0 spiro atoms. The van der Waals surface area contributed by atoms with E-state index in [1.807, 2.05) is 0 Å². The number of carbonyl (C=O) groups is 1. The third-order valence-electron chi connectivity index (χ3n) is 0.722. The predicted molar refractivity (Wildman–Crippen MR) is 30.5 cm³/mol. The second kappa shape index (κ2) is 4.29. The Balaban J connectivity index is 3.01. The molecule has 0 unspecified atom stereocenters. The first-order chi connectivity index (χ1) is 4.13. The lowest BCUT2D eigenvalue weighted by molar-refractivity contribution is -0.119. The molecular formula is C5H10NO3. The van der Waals surface area contributed by atoms with Gasteiger partial charge in [0.1, 0.15) is 0 Å². The van der Waals surface area contributed by atoms with Crippen molar-refractivity contribution < 1.29 is 15.0 Å². The Bertz CT molecular complexity index is 92.2. The number of aliphatic hydroxyl groups is 2. The molecule has 0 aromatic heterocycles. The maximum atomic E-state index is 10.1. The van der Waals surface area contributed by atoms with Gasteiger partial charge in [0.05, 0.1) is 0 Å². The van der Waals surface area contributed by atoms with Crippen LogP contribution in [0, 0.1) is 0 Å². The zero-order valence-corrected chi connectivity index (χ0v) is 5.24. The molecule has 0 aliphatic heterocycles. The summed E-state index contributed by atoms with van der Waals surface area (Å²) in [5.74, 6) is -0.282. The molecule has 0 rings (SSSR count). The number of hydrogen-bond acceptors (Lipinski definition) is 3. The van der Waals surface area contributed by atoms with Gasteiger partial charge in [-0.1, -0.05) is 0 Å². The van der Waals surface area contributed by atoms with Crippen molar-refractivity contribution in [2.24, 2.45) is 0 Å². The molecule has 0 saturated heterocycles. The minimum Gasteiger partial charge on any atom is -0.368 e. The first-order valence-corrected chi connectivity index (χ1v) is 2.67. The molecule has 0 heterocycles. The highest BCUT2D eigenvalue weighted by Crippen LogP contribution is 1.82. The van der Waals surface area contributed by atoms with Crippen LogP contribution in [0.15, 0.2) is 0 Å². The first kappa shape index (κ1) is 8.39. The zero-order chi connectivity index (χ0) is 7.28. The third kappa shape index (κ3) is 7.39. The van der Waals surface area contributed by atoms with Crippen LogP contribution in [0.2, 0.25) is 0 Å². The largest absolute Gasteiger partial charge is 0.368 e. The summed E-state index contributed by atoms with van der Waals surface area (Å²) >= 11 is 0. The molecule has 0 bridgehead atoms. The van der Waals surface area contributed by atoms with Gasteiger partial charge in [0.15, 0.2) is 6.29 Å². The van der Waals surface area contributed by atoms with Crippen LogP contribution in [-0.2, 0) is 4.79 Å². The van der Waals surface area contributed by atoms with Crippen molar-refractivity contribution in [3.05, 3.63) is 0 Å². The summed E-state index contributed by atoms with van der Waals surface area (Å²) in [6, 6.07) is 0. The predicted octanol–water partition coefficient (Wildman–Crippen LogP) is -1.16. The number of carbonyl (C=O) groups excluding carboxylic acids is 1. The molecule has 1 amide bonds. The van der Waals surface area contributed by atoms with E-state index in [-0.39, 0.29) is 18.9 Å². The molecular weight excluding hydrogens is 122 g/mol. The fourth-order valence-corrected chi connectivity index (χ4v) is 0.337. The topological polar surface area (TPSA) is 71.6 Å². The molecule has 1 radical (unpaired) electrons. The van der Waals surface area contributed by atoms with Gasteiger partial charge in [-0.25, -0.2) is 0 Å². The number of amides is 1. The fourth-order valence-electron chi connectivity index (χ4n) is 0.337. The van der Waals surface area contributed by atoms with Crippen LogP contribution in [-0.4, -0.2) is 29.0 Å². The molecule has 0 saturated carbocycles. The standard InChI is InChI=1S/C5H10NO3/c1-4(7)6-3-2-5(8)9/h5,8-9H,2-3H2,1H3. The molecule has 0 aromatic carbocycles. The van der Waals surface area contributed by atoms with Gasteiger partial charge in [-0.3, -0.25) is 10.1 Å². The lowest BCUT2D eigenvalue weighted by Crippen LogP contribution is -2.17. The van der Waals surface area contributed by atoms with E-state index < -0.39 is 6.29 Å². The Morgan fingerprint density at radius 3 is 2.56 bits per heavy atom. The maximum Gasteiger partial charge on any atom is 0.238 e. The summed E-state index contributed by atoms with van der Waals surface area (Å²) in [6.07, 6.45) is -1.23. The van der Waals surface area contributed by atoms with Gasteiger partial charge < -0.3 is 10.2 Å². The quantitative estimate of drug-likeness (QED) is 0.476. The second-order valence-corrected chi connectivity index (χ2v) is 1.67. The van der Waals surface area contributed by atoms with Gasteiger partial charge in [-0.2, -0.15) is 0 Å². The van der Waals surface area contributed by atoms with Crippen LogP contribution in [0.3, 0.4) is 0 Å². The summed E-state index contributed by atoms with van der Waals surface area (Å²) in [5, 5.41) is 19.9. The Labute approximate surface area is 53.5 Å². The average Bonchev–Trinajstić information content (AvgIpc) is 1.63. The summed E-state index contributed by atoms with van der Waals surface area (Å²) in [7, 11) is 0. The van der Waals surface area contributed by atoms with Crippen molar-refractivity contribution in [3.63, 3.8) is 0 Å². The van der Waals surface area contributed by atoms with Gasteiger partial charge in [-0.05, 0) is 0 Å². The van der Waals surface area contributed by atoms with E-state index in [9.17, 15) is 4.79 Å². The molecule has 0 aromatic rings. The molecule has 0 aliphatic carbocycles. The van der Waals surface area contributed by atoms with Crippen LogP contribution in [0.5, 0.6) is 0 Å². The highest BCUT2D eigenvalue weighted by molar-refractivity contribution is 5.72. The molecule has 0 aliphatic rings. The normalized spacial score (nSPS) is 9.78. The monoisotopic (exact) mass is 132 g/mol. The van der Waals surface area contributed by atoms with E-state index >= 15 is 0 Å². The maximum absolute atomic E-state index is 10.1. The average molecular weight is 132 g/mol. The van der Waals surface area contributed by atoms with Crippen LogP contribution < -0.4 is 5.32 Å². The van der Waals surface area contributed by atoms with Gasteiger partial charge >= 0.3 is 0 Å². The second-order valence-electron chi connectivity index (χ2n) is 1.67. The van der Waals surface area contributed by atoms with Gasteiger partial charge in [-0.15, -0.1) is 0 Å². The highest BCUT2D eigenvalue weighted by Gasteiger charge is 1.97. The van der Waals surface area contributed by atoms with E-state index in [1.165, 1.54) is 6.92 Å². The molecule has 2 N–H and O–H groups in total. The first-order valence-electron chi connectivity index (χ1n) is 2.67. The number of hydrogen-bond donors (Lipinski definition) is 2. The highest BCUT2D eigenvalue weighted by atomic mass is 16.5. The van der Waals surface area contributed by atoms with E-state index in [2.05, 4.69) is 5.32 Å². The summed E-state index contributed by atoms with van der Waals surface area (Å²) in [5.41, 5.74) is 0. The Hall–Kier alpha value is -0.610. The van der Waals surface area contributed by atoms with Gasteiger partial charge in [0, 0.05) is 19.9 Å². The van der Waals surface area contributed by atoms with Crippen molar-refractivity contribution in [3.8, 4) is 0 Å². The van der Waals surface area contributed by atoms with Crippen LogP contribution >= 0.6 is 0 Å². The minimum atomic E-state index is -1.35. The Kier molecular flexibility index (Phi) is 4.00. The van der Waals surface area contributed by atoms with E-state index in [1.54, 1.807) is 0 Å². The molecule has 0 atom stereocenters. The molecule has 4 heteroatoms. The van der Waals surface area contributed by atoms with E-state index in [0.29, 0.717) is 0 Å². The lowest BCUT2D eigenvalue weighted by atomic mass is 10.4. The summed E-state index contributed by atoms with van der Waals surface area (Å²) in [6.45, 7) is 1.51. The molecule has 9 heavy (non-hydrogen) atoms. The third-order valence-corrected chi connectivity index (χ3v) is 0.722. The molecule has 0 fully saturated rings. The number of rotatable bonds is 3. The van der Waals surface area contributed by atoms with Crippen LogP contribution in [0.4, 0.5) is 0 Å². The van der Waals surface area contributed by atoms with Crippen LogP contribution in [0.25, 0.3) is 0 Å². The summed E-state index contributed by atoms with van der Waals surface area (Å²) < 4.78 is 0. The van der Waals surface area contributed by atoms with Crippen molar-refractivity contribution in [1.29, 1.82) is 0 Å². The van der Waals surface area contributed by atoms with Crippen molar-refractivity contribution in [2.45, 2.75) is 19.6 Å². The number of nitrogens with zero attached hydrogens (tertiary/aromatic N) is 1. The van der Waals surface area contributed by atoms with Crippen molar-refractivity contribution in [2.75, 3.05) is 6.54 Å². The SMILES string of the molecule is CC(=O)[N]CCC(O)O. The lowest BCUT2D eigenvalue weighted by Gasteiger charge is -1.99. The molecule has 4 nitrogen and oxygen atoms in total. The summed E-state index contributed by atoms with van der Waals surface area (Å²) in [4.78, 5) is 10.1. The fraction of sp³-hybridized carbons (Fsp3) is 0.800. The van der Waals surface area contributed by atoms with Crippen molar-refractivity contribution >= 4 is 5.91 Å². The van der Waals surface area contributed by atoms with E-state index in [0.717, 1.165) is 0 Å². The van der Waals surface area contributed by atoms with Crippen LogP contribution in [0.1, 0.15) is 13.3 Å². The zero-order valence-electron chi connectivity index (χ0n) is 5.24.